The highest BCUT2D eigenvalue weighted by Gasteiger charge is 2.37. The molecular weight excluding hydrogens is 287 g/mol. The number of nitrogens with zero attached hydrogens (tertiary/aromatic N) is 1. The molecule has 0 radical (unpaired) electrons. The summed E-state index contributed by atoms with van der Waals surface area (Å²) < 4.78 is 38.0. The van der Waals surface area contributed by atoms with Crippen molar-refractivity contribution in [2.45, 2.75) is 65.6 Å². The van der Waals surface area contributed by atoms with E-state index in [0.717, 1.165) is 4.90 Å². The van der Waals surface area contributed by atoms with E-state index in [1.807, 2.05) is 0 Å². The second-order valence-corrected chi connectivity index (χ2v) is 6.02. The van der Waals surface area contributed by atoms with E-state index in [9.17, 15) is 22.8 Å². The predicted octanol–water partition coefficient (Wildman–Crippen LogP) is 3.46. The number of hydrogen-bond acceptors (Lipinski definition) is 2. The van der Waals surface area contributed by atoms with Crippen LogP contribution in [0.25, 0.3) is 0 Å². The average molecular weight is 311 g/mol. The number of carbonyl (C=O) groups excluding carboxylic acids is 1. The molecule has 0 bridgehead atoms. The second kappa shape index (κ2) is 7.66. The zero-order valence-electron chi connectivity index (χ0n) is 13.0. The summed E-state index contributed by atoms with van der Waals surface area (Å²) in [4.78, 5) is 23.8. The van der Waals surface area contributed by atoms with Gasteiger partial charge in [-0.2, -0.15) is 13.2 Å². The number of carboxylic acids is 1. The van der Waals surface area contributed by atoms with E-state index in [1.165, 1.54) is 0 Å². The summed E-state index contributed by atoms with van der Waals surface area (Å²) in [5, 5.41) is 8.78. The van der Waals surface area contributed by atoms with Crippen LogP contribution < -0.4 is 0 Å². The van der Waals surface area contributed by atoms with Crippen LogP contribution in [0.15, 0.2) is 0 Å². The zero-order valence-corrected chi connectivity index (χ0v) is 13.0. The van der Waals surface area contributed by atoms with E-state index < -0.39 is 36.1 Å². The Morgan fingerprint density at radius 2 is 1.57 bits per heavy atom. The molecule has 21 heavy (non-hydrogen) atoms. The fourth-order valence-electron chi connectivity index (χ4n) is 2.33. The van der Waals surface area contributed by atoms with Crippen LogP contribution in [-0.2, 0) is 9.59 Å². The third-order valence-corrected chi connectivity index (χ3v) is 3.31. The monoisotopic (exact) mass is 311 g/mol. The summed E-state index contributed by atoms with van der Waals surface area (Å²) in [5.41, 5.74) is -0.876. The summed E-state index contributed by atoms with van der Waals surface area (Å²) in [6.45, 7) is 5.30. The number of rotatable bonds is 8. The van der Waals surface area contributed by atoms with Crippen LogP contribution in [0.4, 0.5) is 13.2 Å². The molecular formula is C14H24F3NO3. The van der Waals surface area contributed by atoms with E-state index in [4.69, 9.17) is 5.11 Å². The molecule has 0 aliphatic heterocycles. The third kappa shape index (κ3) is 7.92. The van der Waals surface area contributed by atoms with Crippen molar-refractivity contribution in [1.82, 2.24) is 4.90 Å². The van der Waals surface area contributed by atoms with E-state index >= 15 is 0 Å². The van der Waals surface area contributed by atoms with E-state index in [-0.39, 0.29) is 12.8 Å². The Labute approximate surface area is 123 Å². The lowest BCUT2D eigenvalue weighted by Crippen LogP contribution is -2.46. The molecule has 124 valence electrons. The largest absolute Gasteiger partial charge is 0.481 e. The highest BCUT2D eigenvalue weighted by atomic mass is 19.4. The fraction of sp³-hybridized carbons (Fsp3) is 0.857. The van der Waals surface area contributed by atoms with Gasteiger partial charge in [0.1, 0.15) is 6.54 Å². The Morgan fingerprint density at radius 1 is 1.10 bits per heavy atom. The van der Waals surface area contributed by atoms with Gasteiger partial charge in [-0.05, 0) is 18.3 Å². The average Bonchev–Trinajstić information content (AvgIpc) is 2.24. The van der Waals surface area contributed by atoms with Crippen LogP contribution in [0.3, 0.4) is 0 Å². The Hall–Kier alpha value is -1.27. The molecule has 0 saturated heterocycles. The Kier molecular flexibility index (Phi) is 7.19. The molecule has 0 fully saturated rings. The lowest BCUT2D eigenvalue weighted by Gasteiger charge is -2.34. The van der Waals surface area contributed by atoms with Crippen molar-refractivity contribution in [2.24, 2.45) is 5.41 Å². The Morgan fingerprint density at radius 3 is 1.90 bits per heavy atom. The minimum atomic E-state index is -4.46. The lowest BCUT2D eigenvalue weighted by atomic mass is 9.85. The smallest absolute Gasteiger partial charge is 0.406 e. The molecule has 0 atom stereocenters. The number of carbonyl (C=O) groups is 2. The van der Waals surface area contributed by atoms with E-state index in [0.29, 0.717) is 12.8 Å². The molecule has 0 rings (SSSR count). The summed E-state index contributed by atoms with van der Waals surface area (Å²) in [7, 11) is 0. The minimum absolute atomic E-state index is 0.216. The molecule has 4 nitrogen and oxygen atoms in total. The molecule has 0 aromatic carbocycles. The molecule has 0 spiro atoms. The quantitative estimate of drug-likeness (QED) is 0.747. The van der Waals surface area contributed by atoms with Gasteiger partial charge in [-0.15, -0.1) is 0 Å². The van der Waals surface area contributed by atoms with Gasteiger partial charge < -0.3 is 10.0 Å². The summed E-state index contributed by atoms with van der Waals surface area (Å²) in [6, 6.07) is -0.486. The summed E-state index contributed by atoms with van der Waals surface area (Å²) >= 11 is 0. The number of alkyl halides is 3. The van der Waals surface area contributed by atoms with Gasteiger partial charge in [0.05, 0.1) is 6.42 Å². The first-order chi connectivity index (χ1) is 9.41. The SMILES string of the molecule is CCC(CC)N(CC(F)(F)F)C(=O)CC(C)(C)CC(=O)O. The van der Waals surface area contributed by atoms with E-state index in [2.05, 4.69) is 0 Å². The number of aliphatic carboxylic acids is 1. The number of amides is 1. The van der Waals surface area contributed by atoms with Crippen molar-refractivity contribution in [3.05, 3.63) is 0 Å². The first-order valence-corrected chi connectivity index (χ1v) is 7.00. The predicted molar refractivity (Wildman–Crippen MR) is 72.8 cm³/mol. The highest BCUT2D eigenvalue weighted by Crippen LogP contribution is 2.28. The number of carboxylic acid groups (broad SMARTS) is 1. The van der Waals surface area contributed by atoms with Gasteiger partial charge in [-0.3, -0.25) is 9.59 Å². The number of hydrogen-bond donors (Lipinski definition) is 1. The highest BCUT2D eigenvalue weighted by molar-refractivity contribution is 5.78. The third-order valence-electron chi connectivity index (χ3n) is 3.31. The van der Waals surface area contributed by atoms with Gasteiger partial charge in [0.25, 0.3) is 0 Å². The molecule has 1 N–H and O–H groups in total. The van der Waals surface area contributed by atoms with Crippen molar-refractivity contribution < 1.29 is 27.9 Å². The molecule has 7 heteroatoms. The Balaban J connectivity index is 5.07. The number of halogens is 3. The van der Waals surface area contributed by atoms with Crippen molar-refractivity contribution in [3.8, 4) is 0 Å². The maximum absolute atomic E-state index is 12.7. The van der Waals surface area contributed by atoms with E-state index in [1.54, 1.807) is 27.7 Å². The van der Waals surface area contributed by atoms with Gasteiger partial charge in [0.15, 0.2) is 0 Å². The molecule has 0 heterocycles. The molecule has 0 unspecified atom stereocenters. The molecule has 1 amide bonds. The molecule has 0 aromatic rings. The Bertz CT molecular complexity index is 363. The molecule has 0 saturated carbocycles. The maximum Gasteiger partial charge on any atom is 0.406 e. The fourth-order valence-corrected chi connectivity index (χ4v) is 2.33. The van der Waals surface area contributed by atoms with Crippen LogP contribution in [-0.4, -0.2) is 40.6 Å². The first kappa shape index (κ1) is 19.7. The summed E-state index contributed by atoms with van der Waals surface area (Å²) in [6.07, 6.45) is -4.09. The van der Waals surface area contributed by atoms with Gasteiger partial charge in [0, 0.05) is 12.5 Å². The molecule has 0 aromatic heterocycles. The van der Waals surface area contributed by atoms with Gasteiger partial charge in [0.2, 0.25) is 5.91 Å². The van der Waals surface area contributed by atoms with Crippen molar-refractivity contribution >= 4 is 11.9 Å². The van der Waals surface area contributed by atoms with Gasteiger partial charge in [-0.25, -0.2) is 0 Å². The molecule has 0 aliphatic rings. The first-order valence-electron chi connectivity index (χ1n) is 7.00. The van der Waals surface area contributed by atoms with Crippen molar-refractivity contribution in [1.29, 1.82) is 0 Å². The van der Waals surface area contributed by atoms with Crippen molar-refractivity contribution in [3.63, 3.8) is 0 Å². The summed E-state index contributed by atoms with van der Waals surface area (Å²) in [5.74, 6) is -1.72. The van der Waals surface area contributed by atoms with Crippen LogP contribution in [0, 0.1) is 5.41 Å². The van der Waals surface area contributed by atoms with Crippen molar-refractivity contribution in [2.75, 3.05) is 6.54 Å². The van der Waals surface area contributed by atoms with Crippen LogP contribution in [0.2, 0.25) is 0 Å². The van der Waals surface area contributed by atoms with Crippen LogP contribution in [0.5, 0.6) is 0 Å². The van der Waals surface area contributed by atoms with Gasteiger partial charge in [-0.1, -0.05) is 27.7 Å². The molecule has 0 aliphatic carbocycles. The maximum atomic E-state index is 12.7. The normalized spacial score (nSPS) is 12.6. The topological polar surface area (TPSA) is 57.6 Å². The van der Waals surface area contributed by atoms with Gasteiger partial charge >= 0.3 is 12.1 Å². The van der Waals surface area contributed by atoms with Crippen LogP contribution >= 0.6 is 0 Å². The van der Waals surface area contributed by atoms with Crippen LogP contribution in [0.1, 0.15) is 53.4 Å². The lowest BCUT2D eigenvalue weighted by molar-refractivity contribution is -0.167. The zero-order chi connectivity index (χ0) is 16.8. The second-order valence-electron chi connectivity index (χ2n) is 6.02. The minimum Gasteiger partial charge on any atom is -0.481 e. The standard InChI is InChI=1S/C14H24F3NO3/c1-5-10(6-2)18(9-14(15,16)17)11(19)7-13(3,4)8-12(20)21/h10H,5-9H2,1-4H3,(H,20,21).